The second-order valence-electron chi connectivity index (χ2n) is 3.60. The molecule has 0 aromatic rings. The van der Waals surface area contributed by atoms with Crippen LogP contribution in [0.5, 0.6) is 0 Å². The summed E-state index contributed by atoms with van der Waals surface area (Å²) in [6.45, 7) is 2.49. The lowest BCUT2D eigenvalue weighted by Crippen LogP contribution is -2.40. The Bertz CT molecular complexity index is 157. The van der Waals surface area contributed by atoms with E-state index in [2.05, 4.69) is 10.4 Å². The van der Waals surface area contributed by atoms with Gasteiger partial charge in [0.1, 0.15) is 0 Å². The minimum absolute atomic E-state index is 0.000114. The largest absolute Gasteiger partial charge is 0.303 e. The van der Waals surface area contributed by atoms with Crippen LogP contribution in [0.15, 0.2) is 0 Å². The van der Waals surface area contributed by atoms with Crippen molar-refractivity contribution < 1.29 is 13.6 Å². The van der Waals surface area contributed by atoms with E-state index in [1.165, 1.54) is 0 Å². The zero-order valence-corrected chi connectivity index (χ0v) is 8.56. The van der Waals surface area contributed by atoms with Gasteiger partial charge in [0.2, 0.25) is 0 Å². The third kappa shape index (κ3) is 4.30. The van der Waals surface area contributed by atoms with Crippen LogP contribution in [-0.2, 0) is 4.84 Å². The molecule has 0 unspecified atom stereocenters. The van der Waals surface area contributed by atoms with Crippen molar-refractivity contribution in [3.05, 3.63) is 0 Å². The molecule has 0 aromatic heterocycles. The number of nitrogens with zero attached hydrogens (tertiary/aromatic N) is 1. The van der Waals surface area contributed by atoms with Gasteiger partial charge in [-0.15, -0.1) is 0 Å². The Morgan fingerprint density at radius 3 is 2.57 bits per heavy atom. The molecule has 0 radical (unpaired) electrons. The van der Waals surface area contributed by atoms with E-state index in [-0.39, 0.29) is 12.8 Å². The van der Waals surface area contributed by atoms with Crippen molar-refractivity contribution in [2.45, 2.75) is 25.2 Å². The number of hydroxylamine groups is 1. The van der Waals surface area contributed by atoms with Gasteiger partial charge in [0.15, 0.2) is 0 Å². The fourth-order valence-corrected chi connectivity index (χ4v) is 1.57. The standard InChI is InChI=1S/C9H18F2N2O/c1-12-14-8-2-5-13-6-3-9(10,11)4-7-13/h12H,2-8H2,1H3. The molecule has 0 amide bonds. The first-order chi connectivity index (χ1) is 6.64. The first kappa shape index (κ1) is 11.8. The first-order valence-electron chi connectivity index (χ1n) is 5.03. The van der Waals surface area contributed by atoms with Gasteiger partial charge in [-0.25, -0.2) is 14.3 Å². The monoisotopic (exact) mass is 208 g/mol. The third-order valence-electron chi connectivity index (χ3n) is 2.45. The van der Waals surface area contributed by atoms with E-state index in [9.17, 15) is 8.78 Å². The molecule has 0 saturated carbocycles. The molecule has 1 aliphatic heterocycles. The van der Waals surface area contributed by atoms with E-state index < -0.39 is 5.92 Å². The predicted octanol–water partition coefficient (Wildman–Crippen LogP) is 1.26. The van der Waals surface area contributed by atoms with E-state index in [0.29, 0.717) is 19.7 Å². The number of alkyl halides is 2. The summed E-state index contributed by atoms with van der Waals surface area (Å²) >= 11 is 0. The summed E-state index contributed by atoms with van der Waals surface area (Å²) in [6.07, 6.45) is 0.881. The van der Waals surface area contributed by atoms with Crippen molar-refractivity contribution in [1.82, 2.24) is 10.4 Å². The van der Waals surface area contributed by atoms with Crippen molar-refractivity contribution in [1.29, 1.82) is 0 Å². The normalized spacial score (nSPS) is 22.5. The van der Waals surface area contributed by atoms with Gasteiger partial charge in [0.25, 0.3) is 5.92 Å². The summed E-state index contributed by atoms with van der Waals surface area (Å²) in [5, 5.41) is 0. The number of hydrogen-bond donors (Lipinski definition) is 1. The Morgan fingerprint density at radius 2 is 2.00 bits per heavy atom. The molecular formula is C9H18F2N2O. The van der Waals surface area contributed by atoms with E-state index in [0.717, 1.165) is 13.0 Å². The molecule has 14 heavy (non-hydrogen) atoms. The lowest BCUT2D eigenvalue weighted by molar-refractivity contribution is -0.0566. The summed E-state index contributed by atoms with van der Waals surface area (Å²) < 4.78 is 25.5. The molecule has 84 valence electrons. The molecule has 0 aliphatic carbocycles. The van der Waals surface area contributed by atoms with Crippen LogP contribution >= 0.6 is 0 Å². The number of hydrogen-bond acceptors (Lipinski definition) is 3. The van der Waals surface area contributed by atoms with Crippen LogP contribution < -0.4 is 5.48 Å². The van der Waals surface area contributed by atoms with Crippen molar-refractivity contribution in [2.24, 2.45) is 0 Å². The van der Waals surface area contributed by atoms with Crippen LogP contribution in [0.1, 0.15) is 19.3 Å². The molecule has 0 bridgehead atoms. The van der Waals surface area contributed by atoms with Crippen LogP contribution in [-0.4, -0.2) is 44.1 Å². The Morgan fingerprint density at radius 1 is 1.36 bits per heavy atom. The topological polar surface area (TPSA) is 24.5 Å². The summed E-state index contributed by atoms with van der Waals surface area (Å²) in [4.78, 5) is 7.01. The molecular weight excluding hydrogens is 190 g/mol. The summed E-state index contributed by atoms with van der Waals surface area (Å²) in [5.74, 6) is -2.43. The number of likely N-dealkylation sites (tertiary alicyclic amines) is 1. The SMILES string of the molecule is CNOCCCN1CCC(F)(F)CC1. The minimum Gasteiger partial charge on any atom is -0.303 e. The lowest BCUT2D eigenvalue weighted by atomic mass is 10.1. The Labute approximate surface area is 83.4 Å². The zero-order valence-electron chi connectivity index (χ0n) is 8.56. The quantitative estimate of drug-likeness (QED) is 0.543. The van der Waals surface area contributed by atoms with E-state index in [1.54, 1.807) is 7.05 Å². The summed E-state index contributed by atoms with van der Waals surface area (Å²) in [7, 11) is 1.71. The fourth-order valence-electron chi connectivity index (χ4n) is 1.57. The van der Waals surface area contributed by atoms with Gasteiger partial charge in [0, 0.05) is 39.5 Å². The molecule has 3 nitrogen and oxygen atoms in total. The Kier molecular flexibility index (Phi) is 4.71. The minimum atomic E-state index is -2.43. The highest BCUT2D eigenvalue weighted by molar-refractivity contribution is 4.77. The second kappa shape index (κ2) is 5.58. The molecule has 0 atom stereocenters. The van der Waals surface area contributed by atoms with Crippen molar-refractivity contribution in [3.8, 4) is 0 Å². The van der Waals surface area contributed by atoms with E-state index >= 15 is 0 Å². The number of piperidine rings is 1. The molecule has 0 spiro atoms. The lowest BCUT2D eigenvalue weighted by Gasteiger charge is -2.31. The highest BCUT2D eigenvalue weighted by atomic mass is 19.3. The van der Waals surface area contributed by atoms with Gasteiger partial charge in [-0.1, -0.05) is 0 Å². The maximum absolute atomic E-state index is 12.8. The third-order valence-corrected chi connectivity index (χ3v) is 2.45. The second-order valence-corrected chi connectivity index (χ2v) is 3.60. The van der Waals surface area contributed by atoms with Crippen molar-refractivity contribution in [2.75, 3.05) is 33.3 Å². The van der Waals surface area contributed by atoms with Gasteiger partial charge in [-0.2, -0.15) is 0 Å². The molecule has 1 N–H and O–H groups in total. The molecule has 1 rings (SSSR count). The van der Waals surface area contributed by atoms with Crippen molar-refractivity contribution >= 4 is 0 Å². The van der Waals surface area contributed by atoms with Gasteiger partial charge in [-0.3, -0.25) is 0 Å². The van der Waals surface area contributed by atoms with E-state index in [1.807, 2.05) is 0 Å². The van der Waals surface area contributed by atoms with Gasteiger partial charge in [0.05, 0.1) is 6.61 Å². The fraction of sp³-hybridized carbons (Fsp3) is 1.00. The van der Waals surface area contributed by atoms with Crippen LogP contribution in [0.25, 0.3) is 0 Å². The maximum Gasteiger partial charge on any atom is 0.250 e. The molecule has 1 saturated heterocycles. The first-order valence-corrected chi connectivity index (χ1v) is 5.03. The number of rotatable bonds is 5. The molecule has 1 fully saturated rings. The molecule has 1 heterocycles. The van der Waals surface area contributed by atoms with Crippen LogP contribution in [0.2, 0.25) is 0 Å². The summed E-state index contributed by atoms with van der Waals surface area (Å²) in [5.41, 5.74) is 2.58. The van der Waals surface area contributed by atoms with Gasteiger partial charge >= 0.3 is 0 Å². The average Bonchev–Trinajstić information content (AvgIpc) is 2.15. The van der Waals surface area contributed by atoms with Crippen molar-refractivity contribution in [3.63, 3.8) is 0 Å². The number of halogens is 2. The number of nitrogens with one attached hydrogen (secondary N) is 1. The predicted molar refractivity (Wildman–Crippen MR) is 50.2 cm³/mol. The smallest absolute Gasteiger partial charge is 0.250 e. The Balaban J connectivity index is 2.04. The van der Waals surface area contributed by atoms with E-state index in [4.69, 9.17) is 4.84 Å². The van der Waals surface area contributed by atoms with Gasteiger partial charge in [-0.05, 0) is 6.42 Å². The zero-order chi connectivity index (χ0) is 10.4. The van der Waals surface area contributed by atoms with Crippen LogP contribution in [0.4, 0.5) is 8.78 Å². The molecule has 0 aromatic carbocycles. The highest BCUT2D eigenvalue weighted by Gasteiger charge is 2.33. The van der Waals surface area contributed by atoms with Crippen LogP contribution in [0.3, 0.4) is 0 Å². The summed E-state index contributed by atoms with van der Waals surface area (Å²) in [6, 6.07) is 0. The highest BCUT2D eigenvalue weighted by Crippen LogP contribution is 2.27. The average molecular weight is 208 g/mol. The van der Waals surface area contributed by atoms with Crippen LogP contribution in [0, 0.1) is 0 Å². The van der Waals surface area contributed by atoms with Gasteiger partial charge < -0.3 is 9.74 Å². The molecule has 5 heteroatoms. The Hall–Kier alpha value is -0.260. The maximum atomic E-state index is 12.8. The molecule has 1 aliphatic rings.